The number of urea groups is 1. The quantitative estimate of drug-likeness (QED) is 0.644. The van der Waals surface area contributed by atoms with Crippen LogP contribution in [0.3, 0.4) is 0 Å². The minimum absolute atomic E-state index is 0.0871. The molecule has 2 aromatic heterocycles. The lowest BCUT2D eigenvalue weighted by atomic mass is 10.2. The molecule has 9 nitrogen and oxygen atoms in total. The van der Waals surface area contributed by atoms with Crippen LogP contribution in [0.2, 0.25) is 0 Å². The van der Waals surface area contributed by atoms with Crippen LogP contribution in [0.4, 0.5) is 16.2 Å². The molecule has 22 heavy (non-hydrogen) atoms. The summed E-state index contributed by atoms with van der Waals surface area (Å²) in [7, 11) is 0. The van der Waals surface area contributed by atoms with Gasteiger partial charge in [0.25, 0.3) is 0 Å². The Labute approximate surface area is 125 Å². The number of aromatic nitrogens is 2. The second-order valence-electron chi connectivity index (χ2n) is 4.49. The van der Waals surface area contributed by atoms with Gasteiger partial charge in [-0.05, 0) is 12.5 Å². The van der Waals surface area contributed by atoms with Gasteiger partial charge < -0.3 is 15.1 Å². The SMILES string of the molecule is CCc1cnc(CNC(=O)Nc2c(C)cncc2[N+](=O)[O-])o1. The molecule has 0 unspecified atom stereocenters. The summed E-state index contributed by atoms with van der Waals surface area (Å²) in [5, 5.41) is 15.9. The van der Waals surface area contributed by atoms with Gasteiger partial charge in [-0.3, -0.25) is 15.1 Å². The van der Waals surface area contributed by atoms with Crippen molar-refractivity contribution in [3.8, 4) is 0 Å². The van der Waals surface area contributed by atoms with E-state index in [2.05, 4.69) is 20.6 Å². The number of oxazole rings is 1. The first-order valence-corrected chi connectivity index (χ1v) is 6.58. The van der Waals surface area contributed by atoms with Crippen molar-refractivity contribution < 1.29 is 14.1 Å². The van der Waals surface area contributed by atoms with Gasteiger partial charge in [-0.25, -0.2) is 9.78 Å². The molecule has 0 fully saturated rings. The summed E-state index contributed by atoms with van der Waals surface area (Å²) < 4.78 is 5.35. The van der Waals surface area contributed by atoms with Gasteiger partial charge in [-0.1, -0.05) is 6.92 Å². The molecule has 0 aliphatic heterocycles. The van der Waals surface area contributed by atoms with Crippen LogP contribution in [-0.4, -0.2) is 20.9 Å². The number of nitrogens with zero attached hydrogens (tertiary/aromatic N) is 3. The predicted octanol–water partition coefficient (Wildman–Crippen LogP) is 2.17. The smallest absolute Gasteiger partial charge is 0.319 e. The fourth-order valence-corrected chi connectivity index (χ4v) is 1.76. The van der Waals surface area contributed by atoms with Crippen molar-refractivity contribution in [2.75, 3.05) is 5.32 Å². The van der Waals surface area contributed by atoms with Crippen LogP contribution in [0.15, 0.2) is 23.0 Å². The molecule has 0 radical (unpaired) electrons. The maximum absolute atomic E-state index is 11.9. The van der Waals surface area contributed by atoms with Crippen molar-refractivity contribution in [2.24, 2.45) is 0 Å². The number of nitro groups is 1. The standard InChI is InChI=1S/C13H15N5O4/c1-3-9-5-15-11(22-9)7-16-13(19)17-12-8(2)4-14-6-10(12)18(20)21/h4-6H,3,7H2,1-2H3,(H2,14,16,17,19). The number of rotatable bonds is 5. The molecule has 2 rings (SSSR count). The monoisotopic (exact) mass is 305 g/mol. The third-order valence-electron chi connectivity index (χ3n) is 2.90. The highest BCUT2D eigenvalue weighted by Crippen LogP contribution is 2.26. The molecule has 2 N–H and O–H groups in total. The topological polar surface area (TPSA) is 123 Å². The normalized spacial score (nSPS) is 10.3. The van der Waals surface area contributed by atoms with Gasteiger partial charge in [0, 0.05) is 12.6 Å². The minimum atomic E-state index is -0.600. The van der Waals surface area contributed by atoms with Crippen LogP contribution in [0.5, 0.6) is 0 Å². The summed E-state index contributed by atoms with van der Waals surface area (Å²) in [6.45, 7) is 3.64. The Morgan fingerprint density at radius 2 is 2.18 bits per heavy atom. The van der Waals surface area contributed by atoms with Crippen LogP contribution >= 0.6 is 0 Å². The number of hydrogen-bond acceptors (Lipinski definition) is 6. The first-order valence-electron chi connectivity index (χ1n) is 6.58. The predicted molar refractivity (Wildman–Crippen MR) is 77.4 cm³/mol. The zero-order chi connectivity index (χ0) is 16.1. The lowest BCUT2D eigenvalue weighted by molar-refractivity contribution is -0.384. The number of pyridine rings is 1. The van der Waals surface area contributed by atoms with E-state index in [4.69, 9.17) is 4.42 Å². The molecule has 0 aliphatic rings. The van der Waals surface area contributed by atoms with E-state index >= 15 is 0 Å². The number of nitrogens with one attached hydrogen (secondary N) is 2. The molecule has 9 heteroatoms. The van der Waals surface area contributed by atoms with E-state index in [9.17, 15) is 14.9 Å². The van der Waals surface area contributed by atoms with E-state index in [1.807, 2.05) is 6.92 Å². The summed E-state index contributed by atoms with van der Waals surface area (Å²) in [5.41, 5.74) is 0.340. The Morgan fingerprint density at radius 1 is 1.41 bits per heavy atom. The van der Waals surface area contributed by atoms with Crippen molar-refractivity contribution in [3.05, 3.63) is 45.9 Å². The molecule has 0 aromatic carbocycles. The highest BCUT2D eigenvalue weighted by Gasteiger charge is 2.18. The average molecular weight is 305 g/mol. The molecule has 0 bridgehead atoms. The Bertz CT molecular complexity index is 697. The van der Waals surface area contributed by atoms with E-state index in [1.54, 1.807) is 13.1 Å². The summed E-state index contributed by atoms with van der Waals surface area (Å²) in [5.74, 6) is 1.09. The Kier molecular flexibility index (Phi) is 4.66. The van der Waals surface area contributed by atoms with Crippen LogP contribution in [0, 0.1) is 17.0 Å². The largest absolute Gasteiger partial charge is 0.444 e. The molecular formula is C13H15N5O4. The second-order valence-corrected chi connectivity index (χ2v) is 4.49. The molecular weight excluding hydrogens is 290 g/mol. The lowest BCUT2D eigenvalue weighted by Crippen LogP contribution is -2.29. The van der Waals surface area contributed by atoms with Gasteiger partial charge in [-0.15, -0.1) is 0 Å². The maximum Gasteiger partial charge on any atom is 0.319 e. The van der Waals surface area contributed by atoms with Gasteiger partial charge in [0.2, 0.25) is 5.89 Å². The molecule has 0 aliphatic carbocycles. The zero-order valence-corrected chi connectivity index (χ0v) is 12.1. The zero-order valence-electron chi connectivity index (χ0n) is 12.1. The van der Waals surface area contributed by atoms with Gasteiger partial charge in [-0.2, -0.15) is 0 Å². The first kappa shape index (κ1) is 15.4. The molecule has 0 saturated heterocycles. The summed E-state index contributed by atoms with van der Waals surface area (Å²) >= 11 is 0. The van der Waals surface area contributed by atoms with E-state index in [1.165, 1.54) is 6.20 Å². The van der Waals surface area contributed by atoms with Crippen LogP contribution in [0.1, 0.15) is 24.1 Å². The van der Waals surface area contributed by atoms with E-state index in [0.717, 1.165) is 12.0 Å². The second kappa shape index (κ2) is 6.66. The Balaban J connectivity index is 2.02. The third-order valence-corrected chi connectivity index (χ3v) is 2.90. The van der Waals surface area contributed by atoms with E-state index < -0.39 is 11.0 Å². The van der Waals surface area contributed by atoms with Crippen molar-refractivity contribution in [1.82, 2.24) is 15.3 Å². The molecule has 116 valence electrons. The fraction of sp³-hybridized carbons (Fsp3) is 0.308. The first-order chi connectivity index (χ1) is 10.5. The molecule has 2 amide bonds. The number of carbonyl (C=O) groups is 1. The van der Waals surface area contributed by atoms with E-state index in [-0.39, 0.29) is 17.9 Å². The van der Waals surface area contributed by atoms with Crippen LogP contribution < -0.4 is 10.6 Å². The van der Waals surface area contributed by atoms with Gasteiger partial charge in [0.15, 0.2) is 0 Å². The molecule has 2 aromatic rings. The highest BCUT2D eigenvalue weighted by atomic mass is 16.6. The molecule has 2 heterocycles. The van der Waals surface area contributed by atoms with Gasteiger partial charge in [0.05, 0.1) is 17.7 Å². The Hall–Kier alpha value is -2.97. The summed E-state index contributed by atoms with van der Waals surface area (Å²) in [6, 6.07) is -0.589. The van der Waals surface area contributed by atoms with Crippen molar-refractivity contribution >= 4 is 17.4 Å². The van der Waals surface area contributed by atoms with Gasteiger partial charge in [0.1, 0.15) is 17.6 Å². The average Bonchev–Trinajstić information content (AvgIpc) is 2.95. The van der Waals surface area contributed by atoms with Crippen molar-refractivity contribution in [3.63, 3.8) is 0 Å². The fourth-order valence-electron chi connectivity index (χ4n) is 1.76. The number of hydrogen-bond donors (Lipinski definition) is 2. The maximum atomic E-state index is 11.9. The van der Waals surface area contributed by atoms with Crippen LogP contribution in [-0.2, 0) is 13.0 Å². The molecule has 0 atom stereocenters. The van der Waals surface area contributed by atoms with Gasteiger partial charge >= 0.3 is 11.7 Å². The highest BCUT2D eigenvalue weighted by molar-refractivity contribution is 5.92. The lowest BCUT2D eigenvalue weighted by Gasteiger charge is -2.08. The minimum Gasteiger partial charge on any atom is -0.444 e. The van der Waals surface area contributed by atoms with Crippen molar-refractivity contribution in [2.45, 2.75) is 26.8 Å². The third kappa shape index (κ3) is 3.57. The molecule has 0 saturated carbocycles. The number of amides is 2. The molecule has 0 spiro atoms. The van der Waals surface area contributed by atoms with Crippen LogP contribution in [0.25, 0.3) is 0 Å². The number of anilines is 1. The Morgan fingerprint density at radius 3 is 2.82 bits per heavy atom. The number of carbonyl (C=O) groups excluding carboxylic acids is 1. The number of aryl methyl sites for hydroxylation is 2. The van der Waals surface area contributed by atoms with E-state index in [0.29, 0.717) is 17.9 Å². The summed E-state index contributed by atoms with van der Waals surface area (Å²) in [4.78, 5) is 29.9. The summed E-state index contributed by atoms with van der Waals surface area (Å²) in [6.07, 6.45) is 4.82. The van der Waals surface area contributed by atoms with Crippen molar-refractivity contribution in [1.29, 1.82) is 0 Å².